The third-order valence-corrected chi connectivity index (χ3v) is 4.32. The zero-order chi connectivity index (χ0) is 18.2. The van der Waals surface area contributed by atoms with Crippen LogP contribution < -0.4 is 5.32 Å². The molecule has 0 aliphatic carbocycles. The highest BCUT2D eigenvalue weighted by Gasteiger charge is 2.07. The molecular weight excluding hydrogens is 338 g/mol. The molecule has 0 amide bonds. The van der Waals surface area contributed by atoms with Crippen LogP contribution in [0.2, 0.25) is 0 Å². The summed E-state index contributed by atoms with van der Waals surface area (Å²) in [6, 6.07) is 13.7. The van der Waals surface area contributed by atoms with Crippen molar-refractivity contribution in [2.45, 2.75) is 0 Å². The number of imidazole rings is 1. The van der Waals surface area contributed by atoms with E-state index in [4.69, 9.17) is 0 Å². The third-order valence-electron chi connectivity index (χ3n) is 4.32. The predicted octanol–water partition coefficient (Wildman–Crippen LogP) is 4.28. The van der Waals surface area contributed by atoms with Gasteiger partial charge in [-0.2, -0.15) is 5.10 Å². The first-order valence-electron chi connectivity index (χ1n) is 8.44. The number of fused-ring (bicyclic) bond motifs is 2. The van der Waals surface area contributed by atoms with Gasteiger partial charge in [-0.3, -0.25) is 5.10 Å². The number of nitrogens with one attached hydrogen (secondary N) is 3. The smallest absolute Gasteiger partial charge is 0.161 e. The average molecular weight is 353 g/mol. The maximum absolute atomic E-state index is 4.64. The van der Waals surface area contributed by atoms with Gasteiger partial charge in [0.1, 0.15) is 11.6 Å². The van der Waals surface area contributed by atoms with Gasteiger partial charge in [0, 0.05) is 22.8 Å². The van der Waals surface area contributed by atoms with Gasteiger partial charge in [-0.15, -0.1) is 0 Å². The van der Waals surface area contributed by atoms with E-state index in [2.05, 4.69) is 42.0 Å². The summed E-state index contributed by atoms with van der Waals surface area (Å²) in [5.41, 5.74) is 4.66. The lowest BCUT2D eigenvalue weighted by molar-refractivity contribution is 1.12. The molecular formula is C20H15N7. The molecule has 0 aliphatic rings. The second-order valence-corrected chi connectivity index (χ2v) is 6.12. The van der Waals surface area contributed by atoms with Crippen molar-refractivity contribution in [3.8, 4) is 11.4 Å². The van der Waals surface area contributed by atoms with Crippen LogP contribution in [0.15, 0.2) is 61.4 Å². The molecule has 5 rings (SSSR count). The number of aromatic amines is 2. The summed E-state index contributed by atoms with van der Waals surface area (Å²) in [6.45, 7) is 3.74. The Morgan fingerprint density at radius 1 is 1.00 bits per heavy atom. The van der Waals surface area contributed by atoms with E-state index in [1.807, 2.05) is 42.5 Å². The van der Waals surface area contributed by atoms with Crippen molar-refractivity contribution in [3.05, 3.63) is 67.3 Å². The number of hydrogen-bond donors (Lipinski definition) is 3. The van der Waals surface area contributed by atoms with Gasteiger partial charge in [0.05, 0.1) is 22.7 Å². The third kappa shape index (κ3) is 2.81. The first-order chi connectivity index (χ1) is 13.3. The summed E-state index contributed by atoms with van der Waals surface area (Å²) in [5, 5.41) is 11.3. The molecule has 0 saturated carbocycles. The molecule has 0 aliphatic heterocycles. The minimum absolute atomic E-state index is 0.640. The fraction of sp³-hybridized carbons (Fsp3) is 0. The Hall–Kier alpha value is -4.00. The molecule has 7 nitrogen and oxygen atoms in total. The minimum atomic E-state index is 0.640. The fourth-order valence-corrected chi connectivity index (χ4v) is 3.00. The standard InChI is InChI=1S/C20H15N7/c1-2-18-24-16-5-3-12(10-17(16)25-18)20-21-8-7-19(26-20)23-14-4-6-15-13(9-14)11-22-27-15/h2-11H,1H2,(H,22,27)(H,24,25)(H,21,23,26). The van der Waals surface area contributed by atoms with E-state index in [1.165, 1.54) is 0 Å². The quantitative estimate of drug-likeness (QED) is 0.448. The van der Waals surface area contributed by atoms with Gasteiger partial charge in [-0.1, -0.05) is 6.58 Å². The number of aromatic nitrogens is 6. The van der Waals surface area contributed by atoms with Gasteiger partial charge in [0.25, 0.3) is 0 Å². The molecule has 0 unspecified atom stereocenters. The van der Waals surface area contributed by atoms with Crippen LogP contribution in [0.1, 0.15) is 5.82 Å². The van der Waals surface area contributed by atoms with Gasteiger partial charge >= 0.3 is 0 Å². The van der Waals surface area contributed by atoms with Crippen molar-refractivity contribution in [1.82, 2.24) is 30.1 Å². The number of anilines is 2. The fourth-order valence-electron chi connectivity index (χ4n) is 3.00. The van der Waals surface area contributed by atoms with E-state index in [9.17, 15) is 0 Å². The van der Waals surface area contributed by atoms with Gasteiger partial charge in [0.15, 0.2) is 5.82 Å². The Morgan fingerprint density at radius 2 is 1.96 bits per heavy atom. The largest absolute Gasteiger partial charge is 0.340 e. The number of nitrogens with zero attached hydrogens (tertiary/aromatic N) is 4. The normalized spacial score (nSPS) is 11.1. The SMILES string of the molecule is C=Cc1nc2ccc(-c3nccc(Nc4ccc5[nH]ncc5c4)n3)cc2[nH]1. The van der Waals surface area contributed by atoms with E-state index in [0.717, 1.165) is 44.8 Å². The number of hydrogen-bond acceptors (Lipinski definition) is 5. The van der Waals surface area contributed by atoms with Crippen LogP contribution in [-0.2, 0) is 0 Å². The average Bonchev–Trinajstić information content (AvgIpc) is 3.33. The summed E-state index contributed by atoms with van der Waals surface area (Å²) in [4.78, 5) is 16.7. The molecule has 2 aromatic carbocycles. The Morgan fingerprint density at radius 3 is 2.89 bits per heavy atom. The van der Waals surface area contributed by atoms with Gasteiger partial charge in [-0.25, -0.2) is 15.0 Å². The van der Waals surface area contributed by atoms with Crippen molar-refractivity contribution in [2.24, 2.45) is 0 Å². The second-order valence-electron chi connectivity index (χ2n) is 6.12. The molecule has 0 saturated heterocycles. The van der Waals surface area contributed by atoms with Crippen LogP contribution in [0.5, 0.6) is 0 Å². The number of rotatable bonds is 4. The highest BCUT2D eigenvalue weighted by Crippen LogP contribution is 2.24. The summed E-state index contributed by atoms with van der Waals surface area (Å²) < 4.78 is 0. The van der Waals surface area contributed by atoms with Crippen molar-refractivity contribution in [3.63, 3.8) is 0 Å². The lowest BCUT2D eigenvalue weighted by Crippen LogP contribution is -1.96. The first-order valence-corrected chi connectivity index (χ1v) is 8.44. The number of H-pyrrole nitrogens is 2. The van der Waals surface area contributed by atoms with E-state index in [0.29, 0.717) is 5.82 Å². The van der Waals surface area contributed by atoms with Crippen LogP contribution >= 0.6 is 0 Å². The topological polar surface area (TPSA) is 95.2 Å². The predicted molar refractivity (Wildman–Crippen MR) is 107 cm³/mol. The van der Waals surface area contributed by atoms with Crippen molar-refractivity contribution in [2.75, 3.05) is 5.32 Å². The van der Waals surface area contributed by atoms with Crippen molar-refractivity contribution >= 4 is 39.5 Å². The van der Waals surface area contributed by atoms with Crippen LogP contribution in [0, 0.1) is 0 Å². The van der Waals surface area contributed by atoms with Gasteiger partial charge in [-0.05, 0) is 48.5 Å². The van der Waals surface area contributed by atoms with E-state index >= 15 is 0 Å². The lowest BCUT2D eigenvalue weighted by atomic mass is 10.2. The molecule has 3 aromatic heterocycles. The zero-order valence-corrected chi connectivity index (χ0v) is 14.3. The summed E-state index contributed by atoms with van der Waals surface area (Å²) >= 11 is 0. The van der Waals surface area contributed by atoms with Crippen LogP contribution in [0.4, 0.5) is 11.5 Å². The summed E-state index contributed by atoms with van der Waals surface area (Å²) in [7, 11) is 0. The van der Waals surface area contributed by atoms with Crippen molar-refractivity contribution in [1.29, 1.82) is 0 Å². The highest BCUT2D eigenvalue weighted by molar-refractivity contribution is 5.83. The van der Waals surface area contributed by atoms with E-state index in [-0.39, 0.29) is 0 Å². The molecule has 0 spiro atoms. The van der Waals surface area contributed by atoms with Crippen LogP contribution in [0.25, 0.3) is 39.4 Å². The Labute approximate surface area is 154 Å². The van der Waals surface area contributed by atoms with E-state index < -0.39 is 0 Å². The zero-order valence-electron chi connectivity index (χ0n) is 14.3. The molecule has 130 valence electrons. The van der Waals surface area contributed by atoms with Gasteiger partial charge < -0.3 is 10.3 Å². The minimum Gasteiger partial charge on any atom is -0.340 e. The molecule has 7 heteroatoms. The monoisotopic (exact) mass is 353 g/mol. The van der Waals surface area contributed by atoms with Crippen molar-refractivity contribution < 1.29 is 0 Å². The van der Waals surface area contributed by atoms with Gasteiger partial charge in [0.2, 0.25) is 0 Å². The molecule has 0 radical (unpaired) electrons. The second kappa shape index (κ2) is 6.06. The molecule has 3 N–H and O–H groups in total. The Kier molecular flexibility index (Phi) is 3.43. The Balaban J connectivity index is 1.48. The molecule has 0 bridgehead atoms. The van der Waals surface area contributed by atoms with Crippen LogP contribution in [-0.4, -0.2) is 30.1 Å². The number of benzene rings is 2. The molecule has 0 fully saturated rings. The molecule has 3 heterocycles. The van der Waals surface area contributed by atoms with E-state index in [1.54, 1.807) is 18.5 Å². The van der Waals surface area contributed by atoms with Crippen LogP contribution in [0.3, 0.4) is 0 Å². The summed E-state index contributed by atoms with van der Waals surface area (Å²) in [5.74, 6) is 2.11. The maximum Gasteiger partial charge on any atom is 0.161 e. The molecule has 27 heavy (non-hydrogen) atoms. The molecule has 5 aromatic rings. The lowest BCUT2D eigenvalue weighted by Gasteiger charge is -2.07. The summed E-state index contributed by atoms with van der Waals surface area (Å²) in [6.07, 6.45) is 5.23. The first kappa shape index (κ1) is 15.3. The maximum atomic E-state index is 4.64. The Bertz CT molecular complexity index is 1280. The molecule has 0 atom stereocenters. The highest BCUT2D eigenvalue weighted by atomic mass is 15.1.